The fraction of sp³-hybridized carbons (Fsp3) is 0.412. The Morgan fingerprint density at radius 2 is 2.00 bits per heavy atom. The van der Waals surface area contributed by atoms with Gasteiger partial charge in [0.05, 0.1) is 6.54 Å². The predicted octanol–water partition coefficient (Wildman–Crippen LogP) is 3.14. The summed E-state index contributed by atoms with van der Waals surface area (Å²) >= 11 is 5.75. The van der Waals surface area contributed by atoms with E-state index in [0.29, 0.717) is 0 Å². The lowest BCUT2D eigenvalue weighted by molar-refractivity contribution is -0.140. The minimum Gasteiger partial charge on any atom is -0.333 e. The number of amides is 1. The Labute approximate surface area is 161 Å². The first-order chi connectivity index (χ1) is 13.1. The van der Waals surface area contributed by atoms with Crippen molar-refractivity contribution in [1.82, 2.24) is 14.5 Å². The topological polar surface area (TPSA) is 64.2 Å². The summed E-state index contributed by atoms with van der Waals surface area (Å²) < 4.78 is 66.9. The summed E-state index contributed by atoms with van der Waals surface area (Å²) in [6, 6.07) is 2.19. The number of benzene rings is 1. The van der Waals surface area contributed by atoms with E-state index in [2.05, 4.69) is 4.98 Å². The van der Waals surface area contributed by atoms with Crippen LogP contribution in [0.2, 0.25) is 5.15 Å². The van der Waals surface area contributed by atoms with E-state index >= 15 is 0 Å². The molecule has 28 heavy (non-hydrogen) atoms. The second-order valence-corrected chi connectivity index (χ2v) is 6.89. The summed E-state index contributed by atoms with van der Waals surface area (Å²) in [5.41, 5.74) is 4.75. The molecule has 1 atom stereocenters. The Balaban J connectivity index is 1.65. The van der Waals surface area contributed by atoms with Gasteiger partial charge in [-0.2, -0.15) is 13.2 Å². The van der Waals surface area contributed by atoms with Gasteiger partial charge in [-0.25, -0.2) is 13.8 Å². The van der Waals surface area contributed by atoms with Crippen LogP contribution in [0.3, 0.4) is 0 Å². The molecule has 0 fully saturated rings. The van der Waals surface area contributed by atoms with Crippen LogP contribution in [-0.2, 0) is 30.5 Å². The minimum absolute atomic E-state index is 0.0293. The van der Waals surface area contributed by atoms with E-state index < -0.39 is 40.6 Å². The van der Waals surface area contributed by atoms with E-state index in [1.54, 1.807) is 0 Å². The van der Waals surface area contributed by atoms with Crippen LogP contribution in [0, 0.1) is 11.6 Å². The molecule has 152 valence electrons. The molecule has 1 aromatic heterocycles. The molecule has 3 rings (SSSR count). The third kappa shape index (κ3) is 4.27. The molecule has 2 aromatic rings. The monoisotopic (exact) mass is 422 g/mol. The molecule has 1 aliphatic heterocycles. The van der Waals surface area contributed by atoms with Crippen LogP contribution >= 0.6 is 11.6 Å². The van der Waals surface area contributed by atoms with Gasteiger partial charge in [-0.1, -0.05) is 11.6 Å². The van der Waals surface area contributed by atoms with Crippen molar-refractivity contribution in [3.05, 3.63) is 52.1 Å². The maximum Gasteiger partial charge on any atom is 0.436 e. The summed E-state index contributed by atoms with van der Waals surface area (Å²) in [5, 5.41) is -0.507. The lowest BCUT2D eigenvalue weighted by atomic mass is 10.0. The summed E-state index contributed by atoms with van der Waals surface area (Å²) in [7, 11) is 0. The summed E-state index contributed by atoms with van der Waals surface area (Å²) in [5.74, 6) is -1.63. The number of rotatable bonds is 4. The SMILES string of the molecule is N[C@@H](CC(=O)N1CCn2c(nc(C(F)(F)F)c2Cl)C1)Cc1cc(F)ccc1F. The number of imidazole rings is 1. The zero-order valence-electron chi connectivity index (χ0n) is 14.4. The van der Waals surface area contributed by atoms with Crippen LogP contribution in [0.1, 0.15) is 23.5 Å². The highest BCUT2D eigenvalue weighted by Crippen LogP contribution is 2.35. The number of halogens is 6. The molecule has 0 unspecified atom stereocenters. The third-order valence-electron chi connectivity index (χ3n) is 4.46. The Morgan fingerprint density at radius 3 is 2.68 bits per heavy atom. The van der Waals surface area contributed by atoms with Gasteiger partial charge < -0.3 is 15.2 Å². The number of nitrogens with two attached hydrogens (primary N) is 1. The van der Waals surface area contributed by atoms with Crippen molar-refractivity contribution in [2.24, 2.45) is 5.73 Å². The molecule has 5 nitrogen and oxygen atoms in total. The Bertz CT molecular complexity index is 898. The Hall–Kier alpha value is -2.20. The van der Waals surface area contributed by atoms with Crippen LogP contribution in [-0.4, -0.2) is 32.9 Å². The number of aromatic nitrogens is 2. The zero-order valence-corrected chi connectivity index (χ0v) is 15.2. The first-order valence-corrected chi connectivity index (χ1v) is 8.73. The van der Waals surface area contributed by atoms with Gasteiger partial charge in [-0.05, 0) is 30.2 Å². The molecular weight excluding hydrogens is 407 g/mol. The molecule has 0 spiro atoms. The molecule has 0 radical (unpaired) electrons. The van der Waals surface area contributed by atoms with Gasteiger partial charge in [0.1, 0.15) is 22.6 Å². The van der Waals surface area contributed by atoms with Crippen molar-refractivity contribution in [3.8, 4) is 0 Å². The molecular formula is C17H16ClF5N4O. The van der Waals surface area contributed by atoms with E-state index in [1.807, 2.05) is 0 Å². The van der Waals surface area contributed by atoms with Gasteiger partial charge in [0, 0.05) is 25.6 Å². The highest BCUT2D eigenvalue weighted by molar-refractivity contribution is 6.30. The van der Waals surface area contributed by atoms with E-state index in [-0.39, 0.29) is 43.9 Å². The van der Waals surface area contributed by atoms with Crippen molar-refractivity contribution in [3.63, 3.8) is 0 Å². The number of hydrogen-bond donors (Lipinski definition) is 1. The Kier molecular flexibility index (Phi) is 5.62. The third-order valence-corrected chi connectivity index (χ3v) is 4.84. The largest absolute Gasteiger partial charge is 0.436 e. The van der Waals surface area contributed by atoms with Crippen molar-refractivity contribution >= 4 is 17.5 Å². The van der Waals surface area contributed by atoms with Crippen molar-refractivity contribution in [2.45, 2.75) is 38.1 Å². The number of carbonyl (C=O) groups is 1. The number of alkyl halides is 3. The molecule has 1 aliphatic rings. The molecule has 0 saturated carbocycles. The highest BCUT2D eigenvalue weighted by atomic mass is 35.5. The molecule has 0 saturated heterocycles. The normalized spacial score (nSPS) is 15.5. The summed E-state index contributed by atoms with van der Waals surface area (Å²) in [6.45, 7) is 0.0622. The summed E-state index contributed by atoms with van der Waals surface area (Å²) in [4.78, 5) is 17.3. The van der Waals surface area contributed by atoms with Gasteiger partial charge in [0.15, 0.2) is 5.69 Å². The quantitative estimate of drug-likeness (QED) is 0.770. The average molecular weight is 423 g/mol. The van der Waals surface area contributed by atoms with E-state index in [9.17, 15) is 26.7 Å². The molecule has 1 aromatic carbocycles. The van der Waals surface area contributed by atoms with Crippen LogP contribution in [0.15, 0.2) is 18.2 Å². The molecule has 1 amide bonds. The predicted molar refractivity (Wildman–Crippen MR) is 90.3 cm³/mol. The smallest absolute Gasteiger partial charge is 0.333 e. The highest BCUT2D eigenvalue weighted by Gasteiger charge is 2.39. The van der Waals surface area contributed by atoms with Crippen molar-refractivity contribution in [2.75, 3.05) is 6.54 Å². The number of nitrogens with zero attached hydrogens (tertiary/aromatic N) is 3. The molecule has 2 N–H and O–H groups in total. The van der Waals surface area contributed by atoms with Crippen molar-refractivity contribution < 1.29 is 26.7 Å². The van der Waals surface area contributed by atoms with Crippen LogP contribution in [0.5, 0.6) is 0 Å². The molecule has 0 aliphatic carbocycles. The van der Waals surface area contributed by atoms with E-state index in [4.69, 9.17) is 17.3 Å². The first kappa shape index (κ1) is 20.5. The lowest BCUT2D eigenvalue weighted by Crippen LogP contribution is -2.41. The zero-order chi connectivity index (χ0) is 20.6. The number of hydrogen-bond acceptors (Lipinski definition) is 3. The van der Waals surface area contributed by atoms with Gasteiger partial charge in [-0.15, -0.1) is 0 Å². The fourth-order valence-corrected chi connectivity index (χ4v) is 3.43. The standard InChI is InChI=1S/C17H16ClF5N4O/c18-16-15(17(21,22)23)25-13-8-26(3-4-27(13)16)14(28)7-11(24)6-9-5-10(19)1-2-12(9)20/h1-2,5,11H,3-4,6-8,24H2/t11-/m1/s1. The van der Waals surface area contributed by atoms with E-state index in [0.717, 1.165) is 18.2 Å². The van der Waals surface area contributed by atoms with Crippen LogP contribution in [0.4, 0.5) is 22.0 Å². The number of carbonyl (C=O) groups excluding carboxylic acids is 1. The Morgan fingerprint density at radius 1 is 1.29 bits per heavy atom. The molecule has 11 heteroatoms. The van der Waals surface area contributed by atoms with Gasteiger partial charge >= 0.3 is 6.18 Å². The summed E-state index contributed by atoms with van der Waals surface area (Å²) in [6.07, 6.45) is -4.91. The fourth-order valence-electron chi connectivity index (χ4n) is 3.10. The number of fused-ring (bicyclic) bond motifs is 1. The van der Waals surface area contributed by atoms with Gasteiger partial charge in [0.2, 0.25) is 5.91 Å². The maximum absolute atomic E-state index is 13.7. The maximum atomic E-state index is 13.7. The van der Waals surface area contributed by atoms with Gasteiger partial charge in [0.25, 0.3) is 0 Å². The van der Waals surface area contributed by atoms with Gasteiger partial charge in [-0.3, -0.25) is 4.79 Å². The van der Waals surface area contributed by atoms with Crippen molar-refractivity contribution in [1.29, 1.82) is 0 Å². The first-order valence-electron chi connectivity index (χ1n) is 8.35. The van der Waals surface area contributed by atoms with Crippen LogP contribution < -0.4 is 5.73 Å². The van der Waals surface area contributed by atoms with E-state index in [1.165, 1.54) is 9.47 Å². The second kappa shape index (κ2) is 7.67. The minimum atomic E-state index is -4.69. The molecule has 2 heterocycles. The lowest BCUT2D eigenvalue weighted by Gasteiger charge is -2.29. The second-order valence-electron chi connectivity index (χ2n) is 6.54. The average Bonchev–Trinajstić information content (AvgIpc) is 2.94. The van der Waals surface area contributed by atoms with Crippen LogP contribution in [0.25, 0.3) is 0 Å². The molecule has 0 bridgehead atoms.